The molecule has 1 saturated carbocycles. The molecule has 1 heterocycles. The minimum atomic E-state index is 0.188. The van der Waals surface area contributed by atoms with Gasteiger partial charge in [0.1, 0.15) is 0 Å². The van der Waals surface area contributed by atoms with Crippen LogP contribution < -0.4 is 0 Å². The normalized spacial score (nSPS) is 22.9. The van der Waals surface area contributed by atoms with Crippen LogP contribution in [-0.2, 0) is 11.3 Å². The van der Waals surface area contributed by atoms with Crippen molar-refractivity contribution >= 4 is 21.8 Å². The fourth-order valence-electron chi connectivity index (χ4n) is 2.94. The molecule has 3 rings (SSSR count). The maximum absolute atomic E-state index is 12.1. The van der Waals surface area contributed by atoms with Crippen molar-refractivity contribution in [3.05, 3.63) is 46.0 Å². The highest BCUT2D eigenvalue weighted by Gasteiger charge is 2.33. The van der Waals surface area contributed by atoms with Crippen LogP contribution in [0.5, 0.6) is 0 Å². The van der Waals surface area contributed by atoms with Gasteiger partial charge in [0.05, 0.1) is 6.04 Å². The van der Waals surface area contributed by atoms with Crippen LogP contribution >= 0.6 is 15.9 Å². The van der Waals surface area contributed by atoms with E-state index in [1.165, 1.54) is 24.0 Å². The molecule has 1 atom stereocenters. The summed E-state index contributed by atoms with van der Waals surface area (Å²) in [5.41, 5.74) is 2.53. The molecule has 1 aromatic carbocycles. The molecule has 18 heavy (non-hydrogen) atoms. The second kappa shape index (κ2) is 4.88. The number of rotatable bonds is 2. The van der Waals surface area contributed by atoms with E-state index in [4.69, 9.17) is 0 Å². The molecule has 1 aliphatic heterocycles. The summed E-state index contributed by atoms with van der Waals surface area (Å²) in [5.74, 6) is 0.188. The molecule has 1 unspecified atom stereocenters. The second-order valence-corrected chi connectivity index (χ2v) is 5.89. The molecule has 94 valence electrons. The molecule has 1 aliphatic carbocycles. The number of hydrogen-bond acceptors (Lipinski definition) is 1. The molecule has 1 fully saturated rings. The molecule has 0 radical (unpaired) electrons. The van der Waals surface area contributed by atoms with Crippen molar-refractivity contribution in [1.82, 2.24) is 4.90 Å². The third-order valence-electron chi connectivity index (χ3n) is 3.89. The molecular weight excluding hydrogens is 290 g/mol. The van der Waals surface area contributed by atoms with Gasteiger partial charge in [-0.15, -0.1) is 0 Å². The molecule has 0 N–H and O–H groups in total. The first-order chi connectivity index (χ1) is 8.75. The lowest BCUT2D eigenvalue weighted by atomic mass is 9.91. The van der Waals surface area contributed by atoms with E-state index in [-0.39, 0.29) is 5.91 Å². The van der Waals surface area contributed by atoms with E-state index < -0.39 is 0 Å². The lowest BCUT2D eigenvalue weighted by Gasteiger charge is -2.30. The smallest absolute Gasteiger partial charge is 0.247 e. The van der Waals surface area contributed by atoms with Crippen molar-refractivity contribution in [2.24, 2.45) is 0 Å². The Hall–Kier alpha value is -1.09. The van der Waals surface area contributed by atoms with Gasteiger partial charge in [0.15, 0.2) is 0 Å². The van der Waals surface area contributed by atoms with E-state index >= 15 is 0 Å². The van der Waals surface area contributed by atoms with Crippen LogP contribution in [0.3, 0.4) is 0 Å². The van der Waals surface area contributed by atoms with E-state index in [2.05, 4.69) is 22.0 Å². The Morgan fingerprint density at radius 2 is 2.11 bits per heavy atom. The fourth-order valence-corrected chi connectivity index (χ4v) is 3.35. The first-order valence-corrected chi connectivity index (χ1v) is 7.29. The van der Waals surface area contributed by atoms with Gasteiger partial charge in [-0.2, -0.15) is 0 Å². The van der Waals surface area contributed by atoms with Gasteiger partial charge < -0.3 is 4.90 Å². The van der Waals surface area contributed by atoms with Crippen molar-refractivity contribution in [2.75, 3.05) is 0 Å². The van der Waals surface area contributed by atoms with E-state index in [1.807, 2.05) is 29.2 Å². The van der Waals surface area contributed by atoms with Crippen LogP contribution in [0.2, 0.25) is 0 Å². The summed E-state index contributed by atoms with van der Waals surface area (Å²) in [6.07, 6.45) is 6.56. The molecule has 0 bridgehead atoms. The zero-order chi connectivity index (χ0) is 12.5. The predicted molar refractivity (Wildman–Crippen MR) is 75.0 cm³/mol. The Morgan fingerprint density at radius 3 is 2.94 bits per heavy atom. The van der Waals surface area contributed by atoms with Crippen molar-refractivity contribution in [1.29, 1.82) is 0 Å². The number of fused-ring (bicyclic) bond motifs is 1. The highest BCUT2D eigenvalue weighted by Crippen LogP contribution is 2.34. The number of amides is 1. The highest BCUT2D eigenvalue weighted by molar-refractivity contribution is 9.10. The predicted octanol–water partition coefficient (Wildman–Crippen LogP) is 3.66. The van der Waals surface area contributed by atoms with Crippen molar-refractivity contribution in [3.8, 4) is 0 Å². The number of halogens is 1. The van der Waals surface area contributed by atoms with Gasteiger partial charge in [0, 0.05) is 17.1 Å². The van der Waals surface area contributed by atoms with Gasteiger partial charge in [-0.1, -0.05) is 40.5 Å². The van der Waals surface area contributed by atoms with Crippen LogP contribution in [0.25, 0.3) is 0 Å². The van der Waals surface area contributed by atoms with Crippen LogP contribution in [0.15, 0.2) is 40.4 Å². The molecule has 2 nitrogen and oxygen atoms in total. The Kier molecular flexibility index (Phi) is 3.25. The lowest BCUT2D eigenvalue weighted by molar-refractivity contribution is -0.126. The van der Waals surface area contributed by atoms with Crippen LogP contribution in [0.1, 0.15) is 31.2 Å². The average molecular weight is 306 g/mol. The second-order valence-electron chi connectivity index (χ2n) is 5.04. The van der Waals surface area contributed by atoms with Gasteiger partial charge in [0.2, 0.25) is 5.91 Å². The monoisotopic (exact) mass is 305 g/mol. The molecule has 1 amide bonds. The summed E-state index contributed by atoms with van der Waals surface area (Å²) < 4.78 is 1.09. The van der Waals surface area contributed by atoms with Gasteiger partial charge >= 0.3 is 0 Å². The first kappa shape index (κ1) is 12.0. The Labute approximate surface area is 116 Å². The summed E-state index contributed by atoms with van der Waals surface area (Å²) in [5, 5.41) is 0. The van der Waals surface area contributed by atoms with Crippen molar-refractivity contribution in [2.45, 2.75) is 38.3 Å². The Morgan fingerprint density at radius 1 is 1.28 bits per heavy atom. The molecular formula is C15H16BrNO. The number of nitrogens with zero attached hydrogens (tertiary/aromatic N) is 1. The zero-order valence-electron chi connectivity index (χ0n) is 10.2. The quantitative estimate of drug-likeness (QED) is 0.816. The molecule has 0 saturated heterocycles. The largest absolute Gasteiger partial charge is 0.328 e. The SMILES string of the molecule is O=C1C=C2CCCCC2N1Cc1ccccc1Br. The Balaban J connectivity index is 1.81. The molecule has 0 aromatic heterocycles. The standard InChI is InChI=1S/C15H16BrNO/c16-13-7-3-1-6-12(13)10-17-14-8-4-2-5-11(14)9-15(17)18/h1,3,6-7,9,14H,2,4-5,8,10H2. The summed E-state index contributed by atoms with van der Waals surface area (Å²) in [4.78, 5) is 14.1. The summed E-state index contributed by atoms with van der Waals surface area (Å²) >= 11 is 3.56. The number of carbonyl (C=O) groups is 1. The van der Waals surface area contributed by atoms with Gasteiger partial charge in [0.25, 0.3) is 0 Å². The topological polar surface area (TPSA) is 20.3 Å². The number of hydrogen-bond donors (Lipinski definition) is 0. The number of carbonyl (C=O) groups excluding carboxylic acids is 1. The van der Waals surface area contributed by atoms with E-state index in [1.54, 1.807) is 0 Å². The van der Waals surface area contributed by atoms with Crippen molar-refractivity contribution < 1.29 is 4.79 Å². The summed E-state index contributed by atoms with van der Waals surface area (Å²) in [6.45, 7) is 0.713. The number of benzene rings is 1. The summed E-state index contributed by atoms with van der Waals surface area (Å²) in [7, 11) is 0. The lowest BCUT2D eigenvalue weighted by Crippen LogP contribution is -2.36. The van der Waals surface area contributed by atoms with Crippen LogP contribution in [0, 0.1) is 0 Å². The van der Waals surface area contributed by atoms with Gasteiger partial charge in [-0.05, 0) is 36.5 Å². The third kappa shape index (κ3) is 2.12. The Bertz CT molecular complexity index is 509. The maximum Gasteiger partial charge on any atom is 0.247 e. The minimum Gasteiger partial charge on any atom is -0.328 e. The van der Waals surface area contributed by atoms with Gasteiger partial charge in [-0.3, -0.25) is 4.79 Å². The van der Waals surface area contributed by atoms with E-state index in [0.29, 0.717) is 12.6 Å². The zero-order valence-corrected chi connectivity index (χ0v) is 11.8. The highest BCUT2D eigenvalue weighted by atomic mass is 79.9. The van der Waals surface area contributed by atoms with E-state index in [0.717, 1.165) is 17.3 Å². The van der Waals surface area contributed by atoms with E-state index in [9.17, 15) is 4.79 Å². The maximum atomic E-state index is 12.1. The van der Waals surface area contributed by atoms with Crippen LogP contribution in [0.4, 0.5) is 0 Å². The molecule has 0 spiro atoms. The molecule has 2 aliphatic rings. The minimum absolute atomic E-state index is 0.188. The third-order valence-corrected chi connectivity index (χ3v) is 4.66. The van der Waals surface area contributed by atoms with Crippen molar-refractivity contribution in [3.63, 3.8) is 0 Å². The van der Waals surface area contributed by atoms with Crippen LogP contribution in [-0.4, -0.2) is 16.8 Å². The fraction of sp³-hybridized carbons (Fsp3) is 0.400. The summed E-state index contributed by atoms with van der Waals surface area (Å²) in [6, 6.07) is 8.50. The van der Waals surface area contributed by atoms with Gasteiger partial charge in [-0.25, -0.2) is 0 Å². The molecule has 1 aromatic rings. The first-order valence-electron chi connectivity index (χ1n) is 6.50. The average Bonchev–Trinajstić information content (AvgIpc) is 2.69. The molecule has 3 heteroatoms.